The zero-order chi connectivity index (χ0) is 7.84. The molecule has 1 fully saturated rings. The summed E-state index contributed by atoms with van der Waals surface area (Å²) in [5, 5.41) is 8.74. The van der Waals surface area contributed by atoms with Gasteiger partial charge in [0.15, 0.2) is 0 Å². The van der Waals surface area contributed by atoms with Crippen LogP contribution in [0.4, 0.5) is 0 Å². The van der Waals surface area contributed by atoms with Crippen molar-refractivity contribution in [3.8, 4) is 0 Å². The Morgan fingerprint density at radius 3 is 3.09 bits per heavy atom. The maximum atomic E-state index is 10.6. The summed E-state index contributed by atoms with van der Waals surface area (Å²) in [6.45, 7) is 0. The fourth-order valence-corrected chi connectivity index (χ4v) is 2.11. The number of carbonyl (C=O) groups is 1. The number of carboxylic acid groups (broad SMARTS) is 1. The van der Waals surface area contributed by atoms with Gasteiger partial charge in [-0.3, -0.25) is 4.79 Å². The van der Waals surface area contributed by atoms with Crippen LogP contribution >= 0.6 is 0 Å². The molecule has 1 saturated carbocycles. The molecule has 0 aliphatic heterocycles. The largest absolute Gasteiger partial charge is 0.481 e. The molecule has 0 spiro atoms. The molecule has 0 radical (unpaired) electrons. The van der Waals surface area contributed by atoms with E-state index >= 15 is 0 Å². The van der Waals surface area contributed by atoms with Gasteiger partial charge in [0.2, 0.25) is 0 Å². The van der Waals surface area contributed by atoms with Crippen LogP contribution in [-0.4, -0.2) is 11.1 Å². The van der Waals surface area contributed by atoms with Gasteiger partial charge in [-0.05, 0) is 31.1 Å². The zero-order valence-corrected chi connectivity index (χ0v) is 6.36. The second-order valence-corrected chi connectivity index (χ2v) is 3.46. The topological polar surface area (TPSA) is 37.3 Å². The molecule has 2 aliphatic rings. The van der Waals surface area contributed by atoms with Gasteiger partial charge in [-0.2, -0.15) is 0 Å². The number of carboxylic acids is 1. The van der Waals surface area contributed by atoms with Gasteiger partial charge in [-0.15, -0.1) is 0 Å². The van der Waals surface area contributed by atoms with E-state index < -0.39 is 5.97 Å². The minimum atomic E-state index is -0.605. The Hall–Kier alpha value is -0.790. The Labute approximate surface area is 65.9 Å². The van der Waals surface area contributed by atoms with Gasteiger partial charge >= 0.3 is 5.97 Å². The molecule has 1 N–H and O–H groups in total. The summed E-state index contributed by atoms with van der Waals surface area (Å²) in [5.41, 5.74) is 0. The summed E-state index contributed by atoms with van der Waals surface area (Å²) in [5.74, 6) is 0.180. The Morgan fingerprint density at radius 1 is 1.55 bits per heavy atom. The van der Waals surface area contributed by atoms with Gasteiger partial charge in [0.05, 0.1) is 5.92 Å². The quantitative estimate of drug-likeness (QED) is 0.580. The predicted octanol–water partition coefficient (Wildman–Crippen LogP) is 1.67. The number of rotatable bonds is 1. The second kappa shape index (κ2) is 2.36. The molecule has 2 heteroatoms. The Kier molecular flexibility index (Phi) is 1.48. The fourth-order valence-electron chi connectivity index (χ4n) is 2.11. The minimum Gasteiger partial charge on any atom is -0.481 e. The standard InChI is InChI=1S/C9H12O2/c10-9(11)8-6-4-2-1-3-5-7(6)8/h2,4,6-8H,1,3,5H2,(H,10,11)/t6-,7+,8+/m1/s1. The highest BCUT2D eigenvalue weighted by Crippen LogP contribution is 2.51. The van der Waals surface area contributed by atoms with E-state index in [-0.39, 0.29) is 5.92 Å². The molecule has 2 nitrogen and oxygen atoms in total. The van der Waals surface area contributed by atoms with Gasteiger partial charge in [-0.1, -0.05) is 12.2 Å². The van der Waals surface area contributed by atoms with Crippen LogP contribution < -0.4 is 0 Å². The SMILES string of the molecule is O=C(O)[C@H]1[C@@H]2C=CCCC[C@@H]21. The maximum Gasteiger partial charge on any atom is 0.307 e. The van der Waals surface area contributed by atoms with Crippen LogP contribution in [0.1, 0.15) is 19.3 Å². The van der Waals surface area contributed by atoms with Crippen LogP contribution in [0.5, 0.6) is 0 Å². The summed E-state index contributed by atoms with van der Waals surface area (Å²) < 4.78 is 0. The molecule has 11 heavy (non-hydrogen) atoms. The third kappa shape index (κ3) is 1.06. The Balaban J connectivity index is 2.06. The molecule has 0 amide bonds. The first-order valence-electron chi connectivity index (χ1n) is 4.20. The minimum absolute atomic E-state index is 0.0495. The van der Waals surface area contributed by atoms with E-state index in [1.165, 1.54) is 6.42 Å². The first-order valence-corrected chi connectivity index (χ1v) is 4.20. The molecule has 2 aliphatic carbocycles. The third-order valence-corrected chi connectivity index (χ3v) is 2.78. The van der Waals surface area contributed by atoms with E-state index in [4.69, 9.17) is 5.11 Å². The molecule has 0 aromatic heterocycles. The monoisotopic (exact) mass is 152 g/mol. The van der Waals surface area contributed by atoms with Gasteiger partial charge in [0.25, 0.3) is 0 Å². The maximum absolute atomic E-state index is 10.6. The number of fused-ring (bicyclic) bond motifs is 1. The summed E-state index contributed by atoms with van der Waals surface area (Å²) in [6, 6.07) is 0. The molecule has 0 unspecified atom stereocenters. The van der Waals surface area contributed by atoms with E-state index in [0.29, 0.717) is 11.8 Å². The Bertz CT molecular complexity index is 208. The molecular weight excluding hydrogens is 140 g/mol. The molecule has 2 rings (SSSR count). The molecule has 60 valence electrons. The summed E-state index contributed by atoms with van der Waals surface area (Å²) >= 11 is 0. The average Bonchev–Trinajstić information content (AvgIpc) is 2.57. The number of aliphatic carboxylic acids is 1. The first kappa shape index (κ1) is 6.89. The smallest absolute Gasteiger partial charge is 0.307 e. The van der Waals surface area contributed by atoms with Crippen molar-refractivity contribution in [2.75, 3.05) is 0 Å². The molecule has 0 heterocycles. The molecule has 0 aromatic rings. The van der Waals surface area contributed by atoms with Crippen LogP contribution in [0, 0.1) is 17.8 Å². The van der Waals surface area contributed by atoms with E-state index in [1.54, 1.807) is 0 Å². The van der Waals surface area contributed by atoms with Gasteiger partial charge in [0, 0.05) is 0 Å². The normalized spacial score (nSPS) is 40.9. The summed E-state index contributed by atoms with van der Waals surface area (Å²) in [7, 11) is 0. The molecular formula is C9H12O2. The number of hydrogen-bond donors (Lipinski definition) is 1. The lowest BCUT2D eigenvalue weighted by Crippen LogP contribution is -2.00. The van der Waals surface area contributed by atoms with Gasteiger partial charge < -0.3 is 5.11 Å². The van der Waals surface area contributed by atoms with Crippen LogP contribution in [0.2, 0.25) is 0 Å². The van der Waals surface area contributed by atoms with Crippen molar-refractivity contribution in [1.29, 1.82) is 0 Å². The summed E-state index contributed by atoms with van der Waals surface area (Å²) in [4.78, 5) is 10.6. The van der Waals surface area contributed by atoms with Crippen LogP contribution in [-0.2, 0) is 4.79 Å². The number of hydrogen-bond acceptors (Lipinski definition) is 1. The van der Waals surface area contributed by atoms with Crippen molar-refractivity contribution in [1.82, 2.24) is 0 Å². The third-order valence-electron chi connectivity index (χ3n) is 2.78. The van der Waals surface area contributed by atoms with Gasteiger partial charge in [-0.25, -0.2) is 0 Å². The highest BCUT2D eigenvalue weighted by Gasteiger charge is 2.52. The molecule has 3 atom stereocenters. The van der Waals surface area contributed by atoms with Gasteiger partial charge in [0.1, 0.15) is 0 Å². The first-order chi connectivity index (χ1) is 5.30. The van der Waals surface area contributed by atoms with E-state index in [1.807, 2.05) is 0 Å². The van der Waals surface area contributed by atoms with Crippen molar-refractivity contribution in [3.63, 3.8) is 0 Å². The predicted molar refractivity (Wildman–Crippen MR) is 41.1 cm³/mol. The Morgan fingerprint density at radius 2 is 2.36 bits per heavy atom. The average molecular weight is 152 g/mol. The molecule has 0 saturated heterocycles. The van der Waals surface area contributed by atoms with E-state index in [2.05, 4.69) is 12.2 Å². The van der Waals surface area contributed by atoms with Crippen LogP contribution in [0.3, 0.4) is 0 Å². The summed E-state index contributed by atoms with van der Waals surface area (Å²) in [6.07, 6.45) is 7.64. The fraction of sp³-hybridized carbons (Fsp3) is 0.667. The van der Waals surface area contributed by atoms with Crippen molar-refractivity contribution in [2.45, 2.75) is 19.3 Å². The molecule has 0 aromatic carbocycles. The lowest BCUT2D eigenvalue weighted by molar-refractivity contribution is -0.139. The lowest BCUT2D eigenvalue weighted by Gasteiger charge is -1.92. The van der Waals surface area contributed by atoms with Crippen molar-refractivity contribution < 1.29 is 9.90 Å². The lowest BCUT2D eigenvalue weighted by atomic mass is 10.1. The van der Waals surface area contributed by atoms with Crippen molar-refractivity contribution >= 4 is 5.97 Å². The van der Waals surface area contributed by atoms with Crippen molar-refractivity contribution in [2.24, 2.45) is 17.8 Å². The van der Waals surface area contributed by atoms with Crippen LogP contribution in [0.15, 0.2) is 12.2 Å². The second-order valence-electron chi connectivity index (χ2n) is 3.46. The zero-order valence-electron chi connectivity index (χ0n) is 6.36. The highest BCUT2D eigenvalue weighted by atomic mass is 16.4. The van der Waals surface area contributed by atoms with E-state index in [9.17, 15) is 4.79 Å². The molecule has 0 bridgehead atoms. The number of allylic oxidation sites excluding steroid dienone is 2. The van der Waals surface area contributed by atoms with Crippen molar-refractivity contribution in [3.05, 3.63) is 12.2 Å². The van der Waals surface area contributed by atoms with Crippen LogP contribution in [0.25, 0.3) is 0 Å². The van der Waals surface area contributed by atoms with E-state index in [0.717, 1.165) is 12.8 Å². The highest BCUT2D eigenvalue weighted by molar-refractivity contribution is 5.75.